The number of hydrogen-bond donors (Lipinski definition) is 2. The van der Waals surface area contributed by atoms with Gasteiger partial charge in [-0.3, -0.25) is 10.2 Å². The number of hydrogen-bond acceptors (Lipinski definition) is 2. The molecule has 2 aromatic rings. The van der Waals surface area contributed by atoms with E-state index in [4.69, 9.17) is 0 Å². The second kappa shape index (κ2) is 2.48. The minimum Gasteiger partial charge on any atom is -0.285 e. The maximum absolute atomic E-state index is 4.09. The van der Waals surface area contributed by atoms with Gasteiger partial charge < -0.3 is 0 Å². The van der Waals surface area contributed by atoms with Gasteiger partial charge in [0.1, 0.15) is 5.69 Å². The number of aromatic amines is 2. The fraction of sp³-hybridized carbons (Fsp3) is 0.250. The first kappa shape index (κ1) is 7.09. The maximum atomic E-state index is 4.09. The zero-order valence-electron chi connectivity index (χ0n) is 7.05. The first-order chi connectivity index (χ1) is 5.79. The molecule has 0 spiro atoms. The number of aryl methyl sites for hydroxylation is 1. The maximum Gasteiger partial charge on any atom is 0.110 e. The molecule has 0 fully saturated rings. The summed E-state index contributed by atoms with van der Waals surface area (Å²) in [5, 5.41) is 13.9. The third kappa shape index (κ3) is 0.922. The van der Waals surface area contributed by atoms with Crippen LogP contribution in [0.15, 0.2) is 12.3 Å². The van der Waals surface area contributed by atoms with Crippen LogP contribution >= 0.6 is 0 Å². The fourth-order valence-corrected chi connectivity index (χ4v) is 1.14. The van der Waals surface area contributed by atoms with Gasteiger partial charge in [-0.1, -0.05) is 0 Å². The highest BCUT2D eigenvalue weighted by Gasteiger charge is 2.07. The zero-order valence-corrected chi connectivity index (χ0v) is 7.05. The molecule has 62 valence electrons. The molecule has 0 radical (unpaired) electrons. The summed E-state index contributed by atoms with van der Waals surface area (Å²) < 4.78 is 0. The van der Waals surface area contributed by atoms with Gasteiger partial charge in [-0.25, -0.2) is 0 Å². The molecule has 0 unspecified atom stereocenters. The van der Waals surface area contributed by atoms with Crippen LogP contribution in [0, 0.1) is 13.8 Å². The van der Waals surface area contributed by atoms with E-state index in [0.29, 0.717) is 0 Å². The van der Waals surface area contributed by atoms with E-state index >= 15 is 0 Å². The molecule has 2 N–H and O–H groups in total. The summed E-state index contributed by atoms with van der Waals surface area (Å²) in [4.78, 5) is 0. The van der Waals surface area contributed by atoms with Crippen molar-refractivity contribution in [2.24, 2.45) is 0 Å². The molecule has 2 rings (SSSR count). The molecule has 2 heterocycles. The topological polar surface area (TPSA) is 57.4 Å². The first-order valence-corrected chi connectivity index (χ1v) is 3.81. The van der Waals surface area contributed by atoms with Gasteiger partial charge in [-0.2, -0.15) is 10.2 Å². The summed E-state index contributed by atoms with van der Waals surface area (Å²) in [5.74, 6) is 0. The Bertz CT molecular complexity index is 372. The lowest BCUT2D eigenvalue weighted by molar-refractivity contribution is 1.03. The predicted octanol–water partition coefficient (Wildman–Crippen LogP) is 1.42. The summed E-state index contributed by atoms with van der Waals surface area (Å²) in [5.41, 5.74) is 4.08. The molecule has 0 atom stereocenters. The number of aromatic nitrogens is 4. The Balaban J connectivity index is 2.55. The molecule has 4 nitrogen and oxygen atoms in total. The van der Waals surface area contributed by atoms with Gasteiger partial charge in [0.05, 0.1) is 11.4 Å². The van der Waals surface area contributed by atoms with E-state index in [-0.39, 0.29) is 0 Å². The molecule has 0 aliphatic carbocycles. The van der Waals surface area contributed by atoms with Crippen LogP contribution in [0.4, 0.5) is 0 Å². The lowest BCUT2D eigenvalue weighted by Crippen LogP contribution is -1.81. The highest BCUT2D eigenvalue weighted by molar-refractivity contribution is 5.58. The zero-order chi connectivity index (χ0) is 8.55. The van der Waals surface area contributed by atoms with Crippen LogP contribution in [-0.4, -0.2) is 20.4 Å². The molecular weight excluding hydrogens is 152 g/mol. The van der Waals surface area contributed by atoms with Gasteiger partial charge in [-0.05, 0) is 25.5 Å². The molecule has 12 heavy (non-hydrogen) atoms. The van der Waals surface area contributed by atoms with Crippen LogP contribution in [0.3, 0.4) is 0 Å². The third-order valence-electron chi connectivity index (χ3n) is 2.01. The number of nitrogens with one attached hydrogen (secondary N) is 2. The van der Waals surface area contributed by atoms with Gasteiger partial charge in [0.2, 0.25) is 0 Å². The van der Waals surface area contributed by atoms with E-state index in [2.05, 4.69) is 20.4 Å². The average Bonchev–Trinajstić information content (AvgIpc) is 2.64. The van der Waals surface area contributed by atoms with E-state index in [0.717, 1.165) is 22.6 Å². The highest BCUT2D eigenvalue weighted by atomic mass is 15.2. The van der Waals surface area contributed by atoms with E-state index in [1.807, 2.05) is 19.9 Å². The molecule has 0 aliphatic rings. The van der Waals surface area contributed by atoms with Crippen molar-refractivity contribution in [1.82, 2.24) is 20.4 Å². The number of nitrogens with zero attached hydrogens (tertiary/aromatic N) is 2. The Labute approximate surface area is 70.0 Å². The minimum absolute atomic E-state index is 0.910. The Morgan fingerprint density at radius 1 is 1.25 bits per heavy atom. The van der Waals surface area contributed by atoms with Crippen LogP contribution in [0.5, 0.6) is 0 Å². The summed E-state index contributed by atoms with van der Waals surface area (Å²) in [6.45, 7) is 4.00. The van der Waals surface area contributed by atoms with Crippen LogP contribution in [0.25, 0.3) is 11.4 Å². The van der Waals surface area contributed by atoms with Crippen molar-refractivity contribution >= 4 is 0 Å². The van der Waals surface area contributed by atoms with Crippen molar-refractivity contribution in [3.63, 3.8) is 0 Å². The van der Waals surface area contributed by atoms with Gasteiger partial charge in [0, 0.05) is 6.20 Å². The second-order valence-corrected chi connectivity index (χ2v) is 2.77. The van der Waals surface area contributed by atoms with E-state index in [1.165, 1.54) is 0 Å². The number of rotatable bonds is 1. The molecule has 0 amide bonds. The Hall–Kier alpha value is -1.58. The van der Waals surface area contributed by atoms with Crippen molar-refractivity contribution < 1.29 is 0 Å². The molecule has 4 heteroatoms. The lowest BCUT2D eigenvalue weighted by Gasteiger charge is -1.91. The molecule has 0 aromatic carbocycles. The summed E-state index contributed by atoms with van der Waals surface area (Å²) in [6, 6.07) is 1.92. The Kier molecular flexibility index (Phi) is 1.46. The summed E-state index contributed by atoms with van der Waals surface area (Å²) >= 11 is 0. The van der Waals surface area contributed by atoms with E-state index in [9.17, 15) is 0 Å². The van der Waals surface area contributed by atoms with Crippen LogP contribution in [0.1, 0.15) is 11.3 Å². The van der Waals surface area contributed by atoms with Crippen LogP contribution < -0.4 is 0 Å². The van der Waals surface area contributed by atoms with Crippen LogP contribution in [-0.2, 0) is 0 Å². The molecule has 0 saturated carbocycles. The summed E-state index contributed by atoms with van der Waals surface area (Å²) in [6.07, 6.45) is 1.80. The van der Waals surface area contributed by atoms with Gasteiger partial charge >= 0.3 is 0 Å². The fourth-order valence-electron chi connectivity index (χ4n) is 1.14. The second-order valence-electron chi connectivity index (χ2n) is 2.77. The Morgan fingerprint density at radius 3 is 2.58 bits per heavy atom. The third-order valence-corrected chi connectivity index (χ3v) is 2.01. The van der Waals surface area contributed by atoms with E-state index in [1.54, 1.807) is 6.20 Å². The van der Waals surface area contributed by atoms with Crippen molar-refractivity contribution in [3.05, 3.63) is 23.5 Å². The van der Waals surface area contributed by atoms with Gasteiger partial charge in [0.15, 0.2) is 0 Å². The molecule has 0 aliphatic heterocycles. The smallest absolute Gasteiger partial charge is 0.110 e. The van der Waals surface area contributed by atoms with Gasteiger partial charge in [0.25, 0.3) is 0 Å². The molecule has 2 aromatic heterocycles. The Morgan fingerprint density at radius 2 is 2.08 bits per heavy atom. The normalized spacial score (nSPS) is 10.5. The first-order valence-electron chi connectivity index (χ1n) is 3.81. The highest BCUT2D eigenvalue weighted by Crippen LogP contribution is 2.19. The monoisotopic (exact) mass is 162 g/mol. The summed E-state index contributed by atoms with van der Waals surface area (Å²) in [7, 11) is 0. The van der Waals surface area contributed by atoms with Crippen molar-refractivity contribution in [3.8, 4) is 11.4 Å². The minimum atomic E-state index is 0.910. The van der Waals surface area contributed by atoms with Crippen LogP contribution in [0.2, 0.25) is 0 Å². The molecule has 0 bridgehead atoms. The van der Waals surface area contributed by atoms with Gasteiger partial charge in [-0.15, -0.1) is 0 Å². The van der Waals surface area contributed by atoms with E-state index < -0.39 is 0 Å². The van der Waals surface area contributed by atoms with Crippen molar-refractivity contribution in [2.45, 2.75) is 13.8 Å². The molecular formula is C8H10N4. The largest absolute Gasteiger partial charge is 0.285 e. The SMILES string of the molecule is Cc1n[nH]c(-c2cc[nH]n2)c1C. The standard InChI is InChI=1S/C8H10N4/c1-5-6(2)10-12-8(5)7-3-4-9-11-7/h3-4H,1-2H3,(H,9,11)(H,10,12). The predicted molar refractivity (Wildman–Crippen MR) is 45.6 cm³/mol. The van der Waals surface area contributed by atoms with Crippen molar-refractivity contribution in [1.29, 1.82) is 0 Å². The average molecular weight is 162 g/mol. The lowest BCUT2D eigenvalue weighted by atomic mass is 10.2. The van der Waals surface area contributed by atoms with Crippen molar-refractivity contribution in [2.75, 3.05) is 0 Å². The number of H-pyrrole nitrogens is 2. The quantitative estimate of drug-likeness (QED) is 0.666. The molecule has 0 saturated heterocycles.